The van der Waals surface area contributed by atoms with E-state index in [-0.39, 0.29) is 4.90 Å². The highest BCUT2D eigenvalue weighted by molar-refractivity contribution is 7.89. The molecule has 0 saturated heterocycles. The summed E-state index contributed by atoms with van der Waals surface area (Å²) < 4.78 is 26.9. The van der Waals surface area contributed by atoms with Gasteiger partial charge in [-0.2, -0.15) is 0 Å². The number of rotatable bonds is 5. The summed E-state index contributed by atoms with van der Waals surface area (Å²) in [5, 5.41) is 0. The maximum absolute atomic E-state index is 12.1. The summed E-state index contributed by atoms with van der Waals surface area (Å²) in [4.78, 5) is 0.241. The van der Waals surface area contributed by atoms with E-state index in [0.29, 0.717) is 12.2 Å². The highest BCUT2D eigenvalue weighted by Crippen LogP contribution is 2.20. The number of hydrogen-bond acceptors (Lipinski definition) is 3. The molecule has 1 aliphatic rings. The average Bonchev–Trinajstić information content (AvgIpc) is 2.80. The fourth-order valence-corrected chi connectivity index (χ4v) is 3.50. The lowest BCUT2D eigenvalue weighted by atomic mass is 10.2. The van der Waals surface area contributed by atoms with Crippen LogP contribution in [0.4, 0.5) is 5.69 Å². The Morgan fingerprint density at radius 2 is 2.11 bits per heavy atom. The summed E-state index contributed by atoms with van der Waals surface area (Å²) in [6.45, 7) is 2.28. The zero-order valence-electron chi connectivity index (χ0n) is 11.1. The van der Waals surface area contributed by atoms with Gasteiger partial charge in [-0.3, -0.25) is 0 Å². The number of sulfonamides is 1. The molecule has 1 aromatic rings. The van der Waals surface area contributed by atoms with Gasteiger partial charge in [0.1, 0.15) is 0 Å². The Kier molecular flexibility index (Phi) is 4.27. The summed E-state index contributed by atoms with van der Waals surface area (Å²) in [5.41, 5.74) is 8.35. The molecule has 0 aromatic heterocycles. The molecule has 4 nitrogen and oxygen atoms in total. The van der Waals surface area contributed by atoms with E-state index in [2.05, 4.69) is 10.8 Å². The molecule has 104 valence electrons. The molecule has 0 atom stereocenters. The first-order valence-corrected chi connectivity index (χ1v) is 8.00. The normalized spacial score (nSPS) is 15.5. The number of allylic oxidation sites excluding steroid dienone is 1. The molecule has 5 heteroatoms. The zero-order chi connectivity index (χ0) is 13.9. The zero-order valence-corrected chi connectivity index (χ0v) is 12.0. The van der Waals surface area contributed by atoms with Gasteiger partial charge >= 0.3 is 0 Å². The number of nitrogens with one attached hydrogen (secondary N) is 1. The van der Waals surface area contributed by atoms with E-state index in [1.165, 1.54) is 18.1 Å². The molecular weight excluding hydrogens is 260 g/mol. The third-order valence-electron chi connectivity index (χ3n) is 3.26. The van der Waals surface area contributed by atoms with Crippen molar-refractivity contribution in [1.29, 1.82) is 0 Å². The Balaban J connectivity index is 2.01. The molecule has 2 rings (SSSR count). The molecule has 19 heavy (non-hydrogen) atoms. The average molecular weight is 280 g/mol. The monoisotopic (exact) mass is 280 g/mol. The van der Waals surface area contributed by atoms with Crippen molar-refractivity contribution < 1.29 is 8.42 Å². The van der Waals surface area contributed by atoms with Crippen LogP contribution in [0.3, 0.4) is 0 Å². The minimum Gasteiger partial charge on any atom is -0.399 e. The standard InChI is InChI=1S/C14H20N2O2S/c1-11-8-13(15)10-14(9-11)19(17,18)16-7-6-12-4-2-3-5-12/h4,8-10,16H,2-3,5-7,15H2,1H3. The summed E-state index contributed by atoms with van der Waals surface area (Å²) in [7, 11) is -3.45. The minimum atomic E-state index is -3.45. The van der Waals surface area contributed by atoms with Crippen LogP contribution in [-0.2, 0) is 10.0 Å². The molecule has 3 N–H and O–H groups in total. The Hall–Kier alpha value is -1.33. The van der Waals surface area contributed by atoms with Crippen LogP contribution < -0.4 is 10.5 Å². The summed E-state index contributed by atoms with van der Waals surface area (Å²) in [5.74, 6) is 0. The van der Waals surface area contributed by atoms with E-state index < -0.39 is 10.0 Å². The van der Waals surface area contributed by atoms with Gasteiger partial charge in [-0.1, -0.05) is 11.6 Å². The van der Waals surface area contributed by atoms with Crippen molar-refractivity contribution >= 4 is 15.7 Å². The highest BCUT2D eigenvalue weighted by atomic mass is 32.2. The van der Waals surface area contributed by atoms with Crippen molar-refractivity contribution in [3.63, 3.8) is 0 Å². The molecule has 0 radical (unpaired) electrons. The van der Waals surface area contributed by atoms with Crippen LogP contribution in [0.2, 0.25) is 0 Å². The van der Waals surface area contributed by atoms with Gasteiger partial charge in [0.15, 0.2) is 0 Å². The number of nitrogens with two attached hydrogens (primary N) is 1. The van der Waals surface area contributed by atoms with E-state index in [1.807, 2.05) is 6.92 Å². The van der Waals surface area contributed by atoms with Gasteiger partial charge in [0.2, 0.25) is 10.0 Å². The van der Waals surface area contributed by atoms with Crippen LogP contribution >= 0.6 is 0 Å². The van der Waals surface area contributed by atoms with Crippen molar-refractivity contribution in [3.05, 3.63) is 35.4 Å². The predicted octanol–water partition coefficient (Wildman–Crippen LogP) is 2.36. The largest absolute Gasteiger partial charge is 0.399 e. The fourth-order valence-electron chi connectivity index (χ4n) is 2.33. The van der Waals surface area contributed by atoms with E-state index in [0.717, 1.165) is 24.8 Å². The van der Waals surface area contributed by atoms with Crippen LogP contribution in [0.15, 0.2) is 34.7 Å². The third kappa shape index (κ3) is 3.81. The SMILES string of the molecule is Cc1cc(N)cc(S(=O)(=O)NCCC2=CCCC2)c1. The molecule has 0 spiro atoms. The highest BCUT2D eigenvalue weighted by Gasteiger charge is 2.15. The van der Waals surface area contributed by atoms with Gasteiger partial charge < -0.3 is 5.73 Å². The van der Waals surface area contributed by atoms with Gasteiger partial charge in [-0.05, 0) is 56.4 Å². The van der Waals surface area contributed by atoms with Crippen LogP contribution in [-0.4, -0.2) is 15.0 Å². The summed E-state index contributed by atoms with van der Waals surface area (Å²) in [6.07, 6.45) is 6.41. The molecule has 0 saturated carbocycles. The van der Waals surface area contributed by atoms with Gasteiger partial charge in [0.05, 0.1) is 4.90 Å². The Morgan fingerprint density at radius 3 is 2.74 bits per heavy atom. The van der Waals surface area contributed by atoms with Crippen LogP contribution in [0.25, 0.3) is 0 Å². The number of nitrogen functional groups attached to an aromatic ring is 1. The first-order chi connectivity index (χ1) is 8.97. The molecule has 0 heterocycles. The third-order valence-corrected chi connectivity index (χ3v) is 4.70. The molecule has 0 amide bonds. The molecular formula is C14H20N2O2S. The van der Waals surface area contributed by atoms with Gasteiger partial charge in [-0.25, -0.2) is 13.1 Å². The number of benzene rings is 1. The number of aryl methyl sites for hydroxylation is 1. The molecule has 1 aliphatic carbocycles. The maximum atomic E-state index is 12.1. The lowest BCUT2D eigenvalue weighted by Gasteiger charge is -2.09. The quantitative estimate of drug-likeness (QED) is 0.642. The van der Waals surface area contributed by atoms with Crippen molar-refractivity contribution in [3.8, 4) is 0 Å². The second-order valence-electron chi connectivity index (χ2n) is 4.98. The van der Waals surface area contributed by atoms with Crippen LogP contribution in [0, 0.1) is 6.92 Å². The molecule has 1 aromatic carbocycles. The van der Waals surface area contributed by atoms with Crippen molar-refractivity contribution in [1.82, 2.24) is 4.72 Å². The van der Waals surface area contributed by atoms with Gasteiger partial charge in [0.25, 0.3) is 0 Å². The summed E-state index contributed by atoms with van der Waals surface area (Å²) >= 11 is 0. The molecule has 0 aliphatic heterocycles. The Labute approximate surface area is 114 Å². The Bertz CT molecular complexity index is 571. The van der Waals surface area contributed by atoms with E-state index in [9.17, 15) is 8.42 Å². The van der Waals surface area contributed by atoms with Crippen molar-refractivity contribution in [2.75, 3.05) is 12.3 Å². The van der Waals surface area contributed by atoms with Crippen LogP contribution in [0.5, 0.6) is 0 Å². The smallest absolute Gasteiger partial charge is 0.240 e. The first kappa shape index (κ1) is 14.1. The number of hydrogen-bond donors (Lipinski definition) is 2. The molecule has 0 fully saturated rings. The van der Waals surface area contributed by atoms with Gasteiger partial charge in [0, 0.05) is 12.2 Å². The van der Waals surface area contributed by atoms with E-state index in [1.54, 1.807) is 12.1 Å². The summed E-state index contributed by atoms with van der Waals surface area (Å²) in [6, 6.07) is 4.88. The van der Waals surface area contributed by atoms with E-state index >= 15 is 0 Å². The lowest BCUT2D eigenvalue weighted by molar-refractivity contribution is 0.581. The van der Waals surface area contributed by atoms with Crippen molar-refractivity contribution in [2.24, 2.45) is 0 Å². The Morgan fingerprint density at radius 1 is 1.32 bits per heavy atom. The topological polar surface area (TPSA) is 72.2 Å². The molecule has 0 bridgehead atoms. The minimum absolute atomic E-state index is 0.241. The lowest BCUT2D eigenvalue weighted by Crippen LogP contribution is -2.25. The predicted molar refractivity (Wildman–Crippen MR) is 77.3 cm³/mol. The maximum Gasteiger partial charge on any atom is 0.240 e. The first-order valence-electron chi connectivity index (χ1n) is 6.52. The molecule has 0 unspecified atom stereocenters. The number of anilines is 1. The van der Waals surface area contributed by atoms with E-state index in [4.69, 9.17) is 5.73 Å². The second-order valence-corrected chi connectivity index (χ2v) is 6.75. The fraction of sp³-hybridized carbons (Fsp3) is 0.429. The van der Waals surface area contributed by atoms with Crippen molar-refractivity contribution in [2.45, 2.75) is 37.5 Å². The van der Waals surface area contributed by atoms with Crippen LogP contribution in [0.1, 0.15) is 31.2 Å². The van der Waals surface area contributed by atoms with Gasteiger partial charge in [-0.15, -0.1) is 0 Å². The second kappa shape index (κ2) is 5.75.